The van der Waals surface area contributed by atoms with Gasteiger partial charge >= 0.3 is 0 Å². The Morgan fingerprint density at radius 2 is 1.85 bits per heavy atom. The zero-order valence-corrected chi connectivity index (χ0v) is 24.2. The highest BCUT2D eigenvalue weighted by atomic mass is 19.1. The average molecular weight is 554 g/mol. The number of fused-ring (bicyclic) bond motifs is 1. The monoisotopic (exact) mass is 553 g/mol. The molecule has 0 aliphatic carbocycles. The van der Waals surface area contributed by atoms with E-state index >= 15 is 4.39 Å². The number of aryl methyl sites for hydroxylation is 1. The van der Waals surface area contributed by atoms with Crippen molar-refractivity contribution in [2.45, 2.75) is 84.8 Å². The third kappa shape index (κ3) is 5.25. The maximum Gasteiger partial charge on any atom is 0.223 e. The van der Waals surface area contributed by atoms with Crippen molar-refractivity contribution in [2.75, 3.05) is 31.7 Å². The van der Waals surface area contributed by atoms with Crippen molar-refractivity contribution >= 4 is 16.9 Å². The zero-order valence-electron chi connectivity index (χ0n) is 24.2. The first-order valence-corrected chi connectivity index (χ1v) is 14.1. The number of nitrogens with one attached hydrogen (secondary N) is 1. The number of hydrogen-bond acceptors (Lipinski definition) is 8. The first kappa shape index (κ1) is 28.6. The highest BCUT2D eigenvalue weighted by Crippen LogP contribution is 2.33. The maximum atomic E-state index is 15.3. The van der Waals surface area contributed by atoms with Gasteiger partial charge in [-0.15, -0.1) is 0 Å². The minimum absolute atomic E-state index is 0.0101. The van der Waals surface area contributed by atoms with Crippen LogP contribution in [0.15, 0.2) is 23.1 Å². The molecule has 0 saturated carbocycles. The van der Waals surface area contributed by atoms with Gasteiger partial charge in [0.25, 0.3) is 0 Å². The number of nitrogens with zero attached hydrogens (tertiary/aromatic N) is 4. The normalized spacial score (nSPS) is 24.1. The largest absolute Gasteiger partial charge is 0.389 e. The molecular formula is C30H40FN5O4. The first-order valence-electron chi connectivity index (χ1n) is 14.1. The molecule has 2 saturated heterocycles. The smallest absolute Gasteiger partial charge is 0.223 e. The number of benzene rings is 1. The fourth-order valence-electron chi connectivity index (χ4n) is 6.07. The Hall–Kier alpha value is -2.92. The Balaban J connectivity index is 1.64. The second-order valence-corrected chi connectivity index (χ2v) is 11.5. The molecule has 2 fully saturated rings. The van der Waals surface area contributed by atoms with E-state index in [2.05, 4.69) is 52.4 Å². The summed E-state index contributed by atoms with van der Waals surface area (Å²) in [5.74, 6) is -0.315. The van der Waals surface area contributed by atoms with Gasteiger partial charge < -0.3 is 24.5 Å². The van der Waals surface area contributed by atoms with Crippen molar-refractivity contribution in [2.24, 2.45) is 0 Å². The Bertz CT molecular complexity index is 1450. The molecule has 4 atom stereocenters. The van der Waals surface area contributed by atoms with E-state index in [9.17, 15) is 9.90 Å². The molecular weight excluding hydrogens is 513 g/mol. The lowest BCUT2D eigenvalue weighted by atomic mass is 9.97. The third-order valence-electron chi connectivity index (χ3n) is 8.32. The number of rotatable bonds is 6. The Morgan fingerprint density at radius 1 is 1.12 bits per heavy atom. The van der Waals surface area contributed by atoms with E-state index < -0.39 is 11.9 Å². The second kappa shape index (κ2) is 11.5. The number of ether oxygens (including phenoxy) is 2. The molecule has 2 aliphatic heterocycles. The zero-order chi connectivity index (χ0) is 28.7. The van der Waals surface area contributed by atoms with Crippen molar-refractivity contribution < 1.29 is 19.0 Å². The van der Waals surface area contributed by atoms with Crippen LogP contribution >= 0.6 is 0 Å². The Labute approximate surface area is 234 Å². The van der Waals surface area contributed by atoms with Gasteiger partial charge in [0.05, 0.1) is 43.7 Å². The maximum absolute atomic E-state index is 15.3. The van der Waals surface area contributed by atoms with Gasteiger partial charge in [0.2, 0.25) is 5.95 Å². The van der Waals surface area contributed by atoms with Gasteiger partial charge in [0.1, 0.15) is 5.69 Å². The van der Waals surface area contributed by atoms with Crippen molar-refractivity contribution in [3.63, 3.8) is 0 Å². The summed E-state index contributed by atoms with van der Waals surface area (Å²) >= 11 is 0. The lowest BCUT2D eigenvalue weighted by Crippen LogP contribution is -2.49. The first-order chi connectivity index (χ1) is 19.1. The summed E-state index contributed by atoms with van der Waals surface area (Å²) in [7, 11) is 0. The fraction of sp³-hybridized carbons (Fsp3) is 0.567. The van der Waals surface area contributed by atoms with Gasteiger partial charge in [-0.05, 0) is 59.6 Å². The summed E-state index contributed by atoms with van der Waals surface area (Å²) in [6, 6.07) is 3.76. The predicted octanol–water partition coefficient (Wildman–Crippen LogP) is 3.97. The van der Waals surface area contributed by atoms with Gasteiger partial charge in [-0.1, -0.05) is 6.07 Å². The molecule has 40 heavy (non-hydrogen) atoms. The van der Waals surface area contributed by atoms with E-state index in [-0.39, 0.29) is 47.8 Å². The number of aliphatic hydroxyl groups excluding tert-OH is 1. The fourth-order valence-corrected chi connectivity index (χ4v) is 6.07. The van der Waals surface area contributed by atoms with Crippen molar-refractivity contribution in [3.05, 3.63) is 51.2 Å². The number of hydrogen-bond donors (Lipinski definition) is 2. The molecule has 2 N–H and O–H groups in total. The van der Waals surface area contributed by atoms with Crippen LogP contribution in [0, 0.1) is 19.7 Å². The van der Waals surface area contributed by atoms with Gasteiger partial charge in [-0.25, -0.2) is 14.4 Å². The molecule has 0 spiro atoms. The summed E-state index contributed by atoms with van der Waals surface area (Å²) in [4.78, 5) is 24.8. The minimum atomic E-state index is -0.702. The molecule has 0 bridgehead atoms. The highest BCUT2D eigenvalue weighted by molar-refractivity contribution is 5.89. The standard InChI is InChI=1S/C30H40FN5O4/c1-16(2)36-25(12-35-17(3)13-40-14-18(35)4)20(6)29(38)22-8-7-21(19(5)28(22)36)27-23(31)11-32-30(34-27)33-24-9-10-39-15-26(24)37/h7-8,11,16-18,24,26,37H,9-10,12-15H2,1-6H3,(H,32,33,34)/t17-,18+,24-,26-/m1/s1. The average Bonchev–Trinajstić information content (AvgIpc) is 2.91. The van der Waals surface area contributed by atoms with Crippen LogP contribution in [0.3, 0.4) is 0 Å². The molecule has 3 aromatic rings. The molecule has 2 aliphatic rings. The second-order valence-electron chi connectivity index (χ2n) is 11.5. The number of halogens is 1. The summed E-state index contributed by atoms with van der Waals surface area (Å²) in [5.41, 5.74) is 4.00. The van der Waals surface area contributed by atoms with Crippen LogP contribution in [0.25, 0.3) is 22.2 Å². The predicted molar refractivity (Wildman–Crippen MR) is 153 cm³/mol. The lowest BCUT2D eigenvalue weighted by Gasteiger charge is -2.40. The molecule has 4 heterocycles. The van der Waals surface area contributed by atoms with Crippen molar-refractivity contribution in [3.8, 4) is 11.3 Å². The van der Waals surface area contributed by atoms with Crippen LogP contribution in [-0.2, 0) is 16.0 Å². The molecule has 0 unspecified atom stereocenters. The van der Waals surface area contributed by atoms with Gasteiger partial charge in [-0.2, -0.15) is 0 Å². The summed E-state index contributed by atoms with van der Waals surface area (Å²) < 4.78 is 28.5. The van der Waals surface area contributed by atoms with E-state index in [1.807, 2.05) is 13.8 Å². The van der Waals surface area contributed by atoms with Gasteiger partial charge in [-0.3, -0.25) is 9.69 Å². The number of aromatic nitrogens is 3. The lowest BCUT2D eigenvalue weighted by molar-refractivity contribution is -0.0420. The Kier molecular flexibility index (Phi) is 8.24. The number of pyridine rings is 1. The molecule has 0 amide bonds. The molecule has 5 rings (SSSR count). The van der Waals surface area contributed by atoms with E-state index in [1.54, 1.807) is 12.1 Å². The van der Waals surface area contributed by atoms with Gasteiger partial charge in [0, 0.05) is 53.5 Å². The molecule has 1 aromatic carbocycles. The van der Waals surface area contributed by atoms with Crippen LogP contribution < -0.4 is 10.7 Å². The number of aliphatic hydroxyl groups is 1. The van der Waals surface area contributed by atoms with Crippen molar-refractivity contribution in [1.29, 1.82) is 0 Å². The van der Waals surface area contributed by atoms with Gasteiger partial charge in [0.15, 0.2) is 11.2 Å². The van der Waals surface area contributed by atoms with E-state index in [4.69, 9.17) is 9.47 Å². The van der Waals surface area contributed by atoms with Crippen LogP contribution in [0.2, 0.25) is 0 Å². The number of morpholine rings is 1. The SMILES string of the molecule is Cc1c(CN2[C@H](C)COC[C@@H]2C)n(C(C)C)c2c(C)c(-c3nc(N[C@@H]4CCOC[C@H]4O)ncc3F)ccc2c1=O. The Morgan fingerprint density at radius 3 is 2.52 bits per heavy atom. The highest BCUT2D eigenvalue weighted by Gasteiger charge is 2.29. The minimum Gasteiger partial charge on any atom is -0.389 e. The molecule has 216 valence electrons. The van der Waals surface area contributed by atoms with E-state index in [1.165, 1.54) is 0 Å². The van der Waals surface area contributed by atoms with E-state index in [0.29, 0.717) is 43.7 Å². The summed E-state index contributed by atoms with van der Waals surface area (Å²) in [5, 5.41) is 14.0. The van der Waals surface area contributed by atoms with Crippen LogP contribution in [0.1, 0.15) is 57.0 Å². The molecule has 9 nitrogen and oxygen atoms in total. The summed E-state index contributed by atoms with van der Waals surface area (Å²) in [6.07, 6.45) is 1.04. The number of anilines is 1. The topological polar surface area (TPSA) is 102 Å². The molecule has 10 heteroatoms. The van der Waals surface area contributed by atoms with Crippen molar-refractivity contribution in [1.82, 2.24) is 19.4 Å². The quantitative estimate of drug-likeness (QED) is 0.473. The molecule has 0 radical (unpaired) electrons. The van der Waals surface area contributed by atoms with Crippen LogP contribution in [0.5, 0.6) is 0 Å². The van der Waals surface area contributed by atoms with E-state index in [0.717, 1.165) is 28.5 Å². The summed E-state index contributed by atoms with van der Waals surface area (Å²) in [6.45, 7) is 15.0. The molecule has 2 aromatic heterocycles. The third-order valence-corrected chi connectivity index (χ3v) is 8.32. The van der Waals surface area contributed by atoms with Crippen LogP contribution in [-0.4, -0.2) is 75.2 Å². The van der Waals surface area contributed by atoms with Crippen LogP contribution in [0.4, 0.5) is 10.3 Å².